The van der Waals surface area contributed by atoms with Gasteiger partial charge in [-0.1, -0.05) is 13.8 Å². The van der Waals surface area contributed by atoms with Gasteiger partial charge in [0.2, 0.25) is 10.0 Å². The molecule has 8 heteroatoms. The molecule has 0 fully saturated rings. The fraction of sp³-hybridized carbons (Fsp3) is 0.769. The lowest BCUT2D eigenvalue weighted by Gasteiger charge is -2.28. The van der Waals surface area contributed by atoms with Gasteiger partial charge in [0.05, 0.1) is 19.3 Å². The smallest absolute Gasteiger partial charge is 0.246 e. The van der Waals surface area contributed by atoms with Gasteiger partial charge in [-0.15, -0.1) is 0 Å². The first-order valence-corrected chi connectivity index (χ1v) is 8.68. The molecule has 0 spiro atoms. The van der Waals surface area contributed by atoms with Crippen LogP contribution < -0.4 is 5.73 Å². The van der Waals surface area contributed by atoms with E-state index in [9.17, 15) is 8.42 Å². The SMILES string of the molecule is CCC(CC)N(CCOC)S(=O)(=O)c1cnn(CCN)c1. The molecule has 1 aromatic heterocycles. The van der Waals surface area contributed by atoms with Gasteiger partial charge < -0.3 is 10.5 Å². The quantitative estimate of drug-likeness (QED) is 0.684. The summed E-state index contributed by atoms with van der Waals surface area (Å²) in [6, 6.07) is -0.0389. The molecule has 1 rings (SSSR count). The Bertz CT molecular complexity index is 511. The van der Waals surface area contributed by atoms with Crippen LogP contribution in [0.1, 0.15) is 26.7 Å². The maximum Gasteiger partial charge on any atom is 0.246 e. The molecule has 0 saturated heterocycles. The Hall–Kier alpha value is -0.960. The summed E-state index contributed by atoms with van der Waals surface area (Å²) in [5.74, 6) is 0. The third-order valence-electron chi connectivity index (χ3n) is 3.44. The molecule has 0 unspecified atom stereocenters. The molecule has 122 valence electrons. The molecule has 1 aromatic rings. The van der Waals surface area contributed by atoms with E-state index < -0.39 is 10.0 Å². The second-order valence-corrected chi connectivity index (χ2v) is 6.70. The maximum absolute atomic E-state index is 12.8. The first-order valence-electron chi connectivity index (χ1n) is 7.24. The fourth-order valence-electron chi connectivity index (χ4n) is 2.24. The van der Waals surface area contributed by atoms with E-state index in [0.29, 0.717) is 26.2 Å². The number of sulfonamides is 1. The van der Waals surface area contributed by atoms with Crippen molar-refractivity contribution in [3.8, 4) is 0 Å². The highest BCUT2D eigenvalue weighted by molar-refractivity contribution is 7.89. The minimum Gasteiger partial charge on any atom is -0.383 e. The Morgan fingerprint density at radius 3 is 2.62 bits per heavy atom. The van der Waals surface area contributed by atoms with Gasteiger partial charge >= 0.3 is 0 Å². The van der Waals surface area contributed by atoms with Gasteiger partial charge in [-0.05, 0) is 12.8 Å². The van der Waals surface area contributed by atoms with Gasteiger partial charge in [-0.25, -0.2) is 8.42 Å². The standard InChI is InChI=1S/C13H26N4O3S/c1-4-12(5-2)17(8-9-20-3)21(18,19)13-10-15-16(11-13)7-6-14/h10-12H,4-9,14H2,1-3H3. The van der Waals surface area contributed by atoms with Crippen LogP contribution in [0.4, 0.5) is 0 Å². The molecule has 0 aliphatic heterocycles. The van der Waals surface area contributed by atoms with E-state index in [1.54, 1.807) is 11.8 Å². The first kappa shape index (κ1) is 18.1. The zero-order chi connectivity index (χ0) is 15.9. The average Bonchev–Trinajstić information content (AvgIpc) is 2.93. The van der Waals surface area contributed by atoms with Crippen molar-refractivity contribution in [1.82, 2.24) is 14.1 Å². The molecule has 0 aliphatic carbocycles. The Balaban J connectivity index is 3.06. The zero-order valence-corrected chi connectivity index (χ0v) is 13.8. The molecule has 2 N–H and O–H groups in total. The lowest BCUT2D eigenvalue weighted by atomic mass is 10.2. The van der Waals surface area contributed by atoms with Crippen molar-refractivity contribution >= 4 is 10.0 Å². The van der Waals surface area contributed by atoms with E-state index >= 15 is 0 Å². The van der Waals surface area contributed by atoms with Gasteiger partial charge in [0.15, 0.2) is 0 Å². The molecular formula is C13H26N4O3S. The minimum atomic E-state index is -3.57. The zero-order valence-electron chi connectivity index (χ0n) is 13.0. The largest absolute Gasteiger partial charge is 0.383 e. The molecule has 0 aliphatic rings. The highest BCUT2D eigenvalue weighted by atomic mass is 32.2. The molecular weight excluding hydrogens is 292 g/mol. The Morgan fingerprint density at radius 2 is 2.10 bits per heavy atom. The van der Waals surface area contributed by atoms with E-state index in [2.05, 4.69) is 5.10 Å². The van der Waals surface area contributed by atoms with Crippen LogP contribution in [-0.4, -0.2) is 55.4 Å². The summed E-state index contributed by atoms with van der Waals surface area (Å²) in [5, 5.41) is 4.05. The molecule has 7 nitrogen and oxygen atoms in total. The number of methoxy groups -OCH3 is 1. The predicted molar refractivity (Wildman–Crippen MR) is 81.4 cm³/mol. The summed E-state index contributed by atoms with van der Waals surface area (Å²) < 4.78 is 33.7. The van der Waals surface area contributed by atoms with E-state index in [1.807, 2.05) is 13.8 Å². The van der Waals surface area contributed by atoms with Gasteiger partial charge in [0.25, 0.3) is 0 Å². The predicted octanol–water partition coefficient (Wildman–Crippen LogP) is 0.668. The molecule has 0 saturated carbocycles. The maximum atomic E-state index is 12.8. The number of rotatable bonds is 10. The number of hydrogen-bond acceptors (Lipinski definition) is 5. The van der Waals surface area contributed by atoms with Crippen molar-refractivity contribution in [2.24, 2.45) is 5.73 Å². The lowest BCUT2D eigenvalue weighted by Crippen LogP contribution is -2.41. The van der Waals surface area contributed by atoms with Gasteiger partial charge in [-0.2, -0.15) is 9.40 Å². The van der Waals surface area contributed by atoms with E-state index in [0.717, 1.165) is 12.8 Å². The van der Waals surface area contributed by atoms with Crippen LogP contribution in [0.25, 0.3) is 0 Å². The Labute approximate surface area is 127 Å². The van der Waals surface area contributed by atoms with Crippen LogP contribution in [0.2, 0.25) is 0 Å². The first-order chi connectivity index (χ1) is 10.0. The van der Waals surface area contributed by atoms with E-state index in [4.69, 9.17) is 10.5 Å². The highest BCUT2D eigenvalue weighted by Crippen LogP contribution is 2.20. The summed E-state index contributed by atoms with van der Waals surface area (Å²) in [4.78, 5) is 0.207. The normalized spacial score (nSPS) is 12.5. The monoisotopic (exact) mass is 318 g/mol. The number of aromatic nitrogens is 2. The number of ether oxygens (including phenoxy) is 1. The van der Waals surface area contributed by atoms with Gasteiger partial charge in [-0.3, -0.25) is 4.68 Å². The average molecular weight is 318 g/mol. The molecule has 21 heavy (non-hydrogen) atoms. The van der Waals surface area contributed by atoms with Crippen LogP contribution in [0.5, 0.6) is 0 Å². The van der Waals surface area contributed by atoms with Crippen LogP contribution in [0.15, 0.2) is 17.3 Å². The minimum absolute atomic E-state index is 0.0389. The Kier molecular flexibility index (Phi) is 7.30. The molecule has 0 amide bonds. The summed E-state index contributed by atoms with van der Waals surface area (Å²) in [7, 11) is -2.00. The third kappa shape index (κ3) is 4.50. The molecule has 0 bridgehead atoms. The molecule has 0 radical (unpaired) electrons. The summed E-state index contributed by atoms with van der Waals surface area (Å²) in [5.41, 5.74) is 5.46. The summed E-state index contributed by atoms with van der Waals surface area (Å²) >= 11 is 0. The highest BCUT2D eigenvalue weighted by Gasteiger charge is 2.30. The third-order valence-corrected chi connectivity index (χ3v) is 5.34. The summed E-state index contributed by atoms with van der Waals surface area (Å²) in [6.07, 6.45) is 4.43. The fourth-order valence-corrected chi connectivity index (χ4v) is 3.96. The number of nitrogens with zero attached hydrogens (tertiary/aromatic N) is 3. The van der Waals surface area contributed by atoms with Crippen molar-refractivity contribution in [2.45, 2.75) is 44.2 Å². The second-order valence-electron chi connectivity index (χ2n) is 4.81. The van der Waals surface area contributed by atoms with E-state index in [1.165, 1.54) is 16.7 Å². The van der Waals surface area contributed by atoms with Gasteiger partial charge in [0.1, 0.15) is 4.90 Å². The van der Waals surface area contributed by atoms with Crippen molar-refractivity contribution in [3.63, 3.8) is 0 Å². The van der Waals surface area contributed by atoms with Crippen LogP contribution in [0.3, 0.4) is 0 Å². The van der Waals surface area contributed by atoms with Crippen molar-refractivity contribution < 1.29 is 13.2 Å². The van der Waals surface area contributed by atoms with Crippen LogP contribution in [0, 0.1) is 0 Å². The van der Waals surface area contributed by atoms with Gasteiger partial charge in [0, 0.05) is 32.4 Å². The van der Waals surface area contributed by atoms with Crippen LogP contribution in [-0.2, 0) is 21.3 Å². The molecule has 1 heterocycles. The molecule has 0 atom stereocenters. The number of hydrogen-bond donors (Lipinski definition) is 1. The van der Waals surface area contributed by atoms with Crippen molar-refractivity contribution in [1.29, 1.82) is 0 Å². The lowest BCUT2D eigenvalue weighted by molar-refractivity contribution is 0.163. The topological polar surface area (TPSA) is 90.5 Å². The molecule has 0 aromatic carbocycles. The van der Waals surface area contributed by atoms with Crippen molar-refractivity contribution in [3.05, 3.63) is 12.4 Å². The van der Waals surface area contributed by atoms with Crippen LogP contribution >= 0.6 is 0 Å². The second kappa shape index (κ2) is 8.47. The number of nitrogens with two attached hydrogens (primary N) is 1. The Morgan fingerprint density at radius 1 is 1.43 bits per heavy atom. The van der Waals surface area contributed by atoms with E-state index in [-0.39, 0.29) is 10.9 Å². The van der Waals surface area contributed by atoms with Crippen molar-refractivity contribution in [2.75, 3.05) is 26.8 Å². The summed E-state index contributed by atoms with van der Waals surface area (Å²) in [6.45, 7) is 5.60.